The van der Waals surface area contributed by atoms with Crippen molar-refractivity contribution in [3.63, 3.8) is 0 Å². The van der Waals surface area contributed by atoms with Crippen LogP contribution in [0.5, 0.6) is 0 Å². The van der Waals surface area contributed by atoms with E-state index in [4.69, 9.17) is 0 Å². The minimum Gasteiger partial charge on any atom is -0.293 e. The van der Waals surface area contributed by atoms with Crippen LogP contribution in [-0.4, -0.2) is 34.9 Å². The van der Waals surface area contributed by atoms with Crippen molar-refractivity contribution < 1.29 is 9.59 Å². The van der Waals surface area contributed by atoms with Crippen molar-refractivity contribution in [3.8, 4) is 0 Å². The molecule has 2 fully saturated rings. The first kappa shape index (κ1) is 9.98. The summed E-state index contributed by atoms with van der Waals surface area (Å²) in [6.45, 7) is 1.95. The van der Waals surface area contributed by atoms with Crippen molar-refractivity contribution in [2.24, 2.45) is 0 Å². The van der Waals surface area contributed by atoms with Gasteiger partial charge in [-0.3, -0.25) is 20.2 Å². The molecule has 0 radical (unpaired) electrons. The van der Waals surface area contributed by atoms with Crippen LogP contribution >= 0.6 is 11.8 Å². The Morgan fingerprint density at radius 1 is 1.57 bits per heavy atom. The number of hydrogen-bond acceptors (Lipinski definition) is 4. The summed E-state index contributed by atoms with van der Waals surface area (Å²) in [5.74, 6) is 1.45. The third-order valence-electron chi connectivity index (χ3n) is 2.87. The highest BCUT2D eigenvalue weighted by Gasteiger charge is 2.47. The lowest BCUT2D eigenvalue weighted by Gasteiger charge is -2.36. The van der Waals surface area contributed by atoms with Gasteiger partial charge in [-0.15, -0.1) is 0 Å². The molecule has 2 aliphatic heterocycles. The van der Waals surface area contributed by atoms with Crippen molar-refractivity contribution in [3.05, 3.63) is 0 Å². The molecule has 2 rings (SSSR count). The Hall–Kier alpha value is -0.550. The van der Waals surface area contributed by atoms with E-state index in [1.807, 2.05) is 6.92 Å². The van der Waals surface area contributed by atoms with Gasteiger partial charge in [-0.1, -0.05) is 6.92 Å². The number of thioether (sulfide) groups is 1. The molecule has 2 saturated heterocycles. The summed E-state index contributed by atoms with van der Waals surface area (Å²) in [5.41, 5.74) is -0.473. The summed E-state index contributed by atoms with van der Waals surface area (Å²) >= 11 is 1.76. The lowest BCUT2D eigenvalue weighted by molar-refractivity contribution is -0.140. The lowest BCUT2D eigenvalue weighted by atomic mass is 9.92. The largest absolute Gasteiger partial charge is 0.293 e. The minimum atomic E-state index is -0.473. The van der Waals surface area contributed by atoms with Crippen LogP contribution in [0.1, 0.15) is 19.8 Å². The molecule has 0 aromatic rings. The third kappa shape index (κ3) is 1.44. The SMILES string of the molecule is CCC1NC2(CCSC2)C(=O)NC1=O. The first-order chi connectivity index (χ1) is 6.68. The van der Waals surface area contributed by atoms with E-state index in [0.29, 0.717) is 0 Å². The topological polar surface area (TPSA) is 58.2 Å². The van der Waals surface area contributed by atoms with Gasteiger partial charge in [0.05, 0.1) is 6.04 Å². The fourth-order valence-electron chi connectivity index (χ4n) is 1.93. The van der Waals surface area contributed by atoms with Gasteiger partial charge in [0.1, 0.15) is 5.54 Å². The molecular weight excluding hydrogens is 200 g/mol. The number of carbonyl (C=O) groups excluding carboxylic acids is 2. The number of imide groups is 1. The van der Waals surface area contributed by atoms with Crippen LogP contribution in [0, 0.1) is 0 Å². The zero-order valence-electron chi connectivity index (χ0n) is 8.13. The number of piperazine rings is 1. The molecule has 5 heteroatoms. The van der Waals surface area contributed by atoms with Gasteiger partial charge in [0.25, 0.3) is 0 Å². The van der Waals surface area contributed by atoms with Gasteiger partial charge < -0.3 is 0 Å². The van der Waals surface area contributed by atoms with E-state index in [9.17, 15) is 9.59 Å². The fourth-order valence-corrected chi connectivity index (χ4v) is 3.27. The van der Waals surface area contributed by atoms with Crippen molar-refractivity contribution in [1.82, 2.24) is 10.6 Å². The molecule has 2 heterocycles. The number of hydrogen-bond donors (Lipinski definition) is 2. The van der Waals surface area contributed by atoms with E-state index in [0.717, 1.165) is 24.3 Å². The van der Waals surface area contributed by atoms with Gasteiger partial charge in [-0.25, -0.2) is 0 Å². The molecule has 0 aromatic heterocycles. The molecule has 0 saturated carbocycles. The van der Waals surface area contributed by atoms with Crippen LogP contribution < -0.4 is 10.6 Å². The number of rotatable bonds is 1. The minimum absolute atomic E-state index is 0.141. The van der Waals surface area contributed by atoms with E-state index in [-0.39, 0.29) is 17.9 Å². The molecule has 78 valence electrons. The molecule has 0 aromatic carbocycles. The van der Waals surface area contributed by atoms with Crippen molar-refractivity contribution in [2.75, 3.05) is 11.5 Å². The van der Waals surface area contributed by atoms with Crippen LogP contribution in [-0.2, 0) is 9.59 Å². The summed E-state index contributed by atoms with van der Waals surface area (Å²) in [7, 11) is 0. The average Bonchev–Trinajstić information content (AvgIpc) is 2.61. The second-order valence-corrected chi connectivity index (χ2v) is 4.91. The second-order valence-electron chi connectivity index (χ2n) is 3.81. The molecule has 0 bridgehead atoms. The van der Waals surface area contributed by atoms with Crippen LogP contribution in [0.3, 0.4) is 0 Å². The van der Waals surface area contributed by atoms with Gasteiger partial charge in [0.2, 0.25) is 11.8 Å². The van der Waals surface area contributed by atoms with Gasteiger partial charge >= 0.3 is 0 Å². The highest BCUT2D eigenvalue weighted by atomic mass is 32.2. The van der Waals surface area contributed by atoms with Gasteiger partial charge in [-0.05, 0) is 18.6 Å². The molecule has 4 nitrogen and oxygen atoms in total. The Kier molecular flexibility index (Phi) is 2.53. The Morgan fingerprint density at radius 2 is 2.36 bits per heavy atom. The number of carbonyl (C=O) groups is 2. The molecule has 1 spiro atoms. The first-order valence-corrected chi connectivity index (χ1v) is 6.04. The van der Waals surface area contributed by atoms with E-state index in [1.54, 1.807) is 11.8 Å². The monoisotopic (exact) mass is 214 g/mol. The van der Waals surface area contributed by atoms with Crippen LogP contribution in [0.25, 0.3) is 0 Å². The van der Waals surface area contributed by atoms with E-state index in [2.05, 4.69) is 10.6 Å². The van der Waals surface area contributed by atoms with E-state index in [1.165, 1.54) is 0 Å². The third-order valence-corrected chi connectivity index (χ3v) is 4.06. The summed E-state index contributed by atoms with van der Waals surface area (Å²) in [5, 5.41) is 5.65. The quantitative estimate of drug-likeness (QED) is 0.598. The van der Waals surface area contributed by atoms with Crippen molar-refractivity contribution in [1.29, 1.82) is 0 Å². The lowest BCUT2D eigenvalue weighted by Crippen LogP contribution is -2.69. The predicted octanol–water partition coefficient (Wildman–Crippen LogP) is -0.113. The molecule has 2 aliphatic rings. The Morgan fingerprint density at radius 3 is 2.93 bits per heavy atom. The highest BCUT2D eigenvalue weighted by molar-refractivity contribution is 7.99. The van der Waals surface area contributed by atoms with Crippen LogP contribution in [0.15, 0.2) is 0 Å². The fraction of sp³-hybridized carbons (Fsp3) is 0.778. The zero-order chi connectivity index (χ0) is 10.2. The molecule has 0 aliphatic carbocycles. The van der Waals surface area contributed by atoms with Gasteiger partial charge in [0.15, 0.2) is 0 Å². The van der Waals surface area contributed by atoms with Crippen LogP contribution in [0.4, 0.5) is 0 Å². The smallest absolute Gasteiger partial charge is 0.247 e. The van der Waals surface area contributed by atoms with Gasteiger partial charge in [-0.2, -0.15) is 11.8 Å². The normalized spacial score (nSPS) is 37.6. The van der Waals surface area contributed by atoms with Crippen molar-refractivity contribution in [2.45, 2.75) is 31.3 Å². The Bertz CT molecular complexity index is 274. The second kappa shape index (κ2) is 3.55. The first-order valence-electron chi connectivity index (χ1n) is 4.89. The molecule has 2 atom stereocenters. The summed E-state index contributed by atoms with van der Waals surface area (Å²) in [6.07, 6.45) is 1.55. The highest BCUT2D eigenvalue weighted by Crippen LogP contribution is 2.30. The zero-order valence-corrected chi connectivity index (χ0v) is 8.95. The van der Waals surface area contributed by atoms with Crippen molar-refractivity contribution >= 4 is 23.6 Å². The molecule has 2 N–H and O–H groups in total. The maximum atomic E-state index is 11.7. The summed E-state index contributed by atoms with van der Waals surface area (Å²) < 4.78 is 0. The molecule has 14 heavy (non-hydrogen) atoms. The van der Waals surface area contributed by atoms with E-state index >= 15 is 0 Å². The summed E-state index contributed by atoms with van der Waals surface area (Å²) in [6, 6.07) is -0.202. The maximum absolute atomic E-state index is 11.7. The Balaban J connectivity index is 2.18. The van der Waals surface area contributed by atoms with Crippen LogP contribution in [0.2, 0.25) is 0 Å². The Labute approximate surface area is 87.2 Å². The number of amides is 2. The molecular formula is C9H14N2O2S. The van der Waals surface area contributed by atoms with E-state index < -0.39 is 5.54 Å². The summed E-state index contributed by atoms with van der Waals surface area (Å²) in [4.78, 5) is 23.1. The van der Waals surface area contributed by atoms with Gasteiger partial charge in [0, 0.05) is 5.75 Å². The molecule has 2 unspecified atom stereocenters. The maximum Gasteiger partial charge on any atom is 0.247 e. The predicted molar refractivity (Wildman–Crippen MR) is 55.0 cm³/mol. The average molecular weight is 214 g/mol. The standard InChI is InChI=1S/C9H14N2O2S/c1-2-6-7(12)10-8(13)9(11-6)3-4-14-5-9/h6,11H,2-5H2,1H3,(H,10,12,13). The number of nitrogens with one attached hydrogen (secondary N) is 2. The molecule has 2 amide bonds.